The smallest absolute Gasteiger partial charge is 0.220 e. The molecule has 0 aliphatic carbocycles. The molecule has 3 rings (SSSR count). The van der Waals surface area contributed by atoms with Gasteiger partial charge in [-0.1, -0.05) is 246 Å². The topological polar surface area (TPSA) is 307 Å². The summed E-state index contributed by atoms with van der Waals surface area (Å²) >= 11 is 0. The fourth-order valence-corrected chi connectivity index (χ4v) is 11.7. The molecule has 0 bridgehead atoms. The standard InChI is InChI=1S/C75H129NO18/c1-3-5-7-9-11-13-15-17-19-21-22-23-24-25-26-27-28-29-30-31-32-33-34-35-37-38-40-42-44-46-48-50-52-59(80)58(76-63(81)53-51-49-47-45-43-41-39-36-20-18-16-14-12-10-8-6-4-2)57-89-73-69(87)66(84)71(61(55-78)91-73)94-75-70(88)67(85)72(62(56-79)92-75)93-74-68(86)65(83)64(82)60(54-77)90-74/h6,8,12,14,18,20,35,37,39,41-42,44-45,47,50,52,58-62,64-75,77-80,82-88H,3-5,7,9-11,13,15-17,19,21-34,36,38,40,43,46,48-49,51,53-57H2,1-2H3,(H,76,81)/b8-6-,14-12-,20-18-,37-35+,41-39-,44-42+,47-45-,52-50+. The highest BCUT2D eigenvalue weighted by molar-refractivity contribution is 5.76. The zero-order valence-electron chi connectivity index (χ0n) is 57.4. The van der Waals surface area contributed by atoms with Crippen LogP contribution in [0.15, 0.2) is 97.2 Å². The quantitative estimate of drug-likeness (QED) is 0.0199. The second-order valence-corrected chi connectivity index (χ2v) is 25.6. The van der Waals surface area contributed by atoms with Crippen LogP contribution in [0.2, 0.25) is 0 Å². The number of aliphatic hydroxyl groups is 11. The Morgan fingerprint density at radius 2 is 0.745 bits per heavy atom. The third kappa shape index (κ3) is 36.5. The van der Waals surface area contributed by atoms with Crippen molar-refractivity contribution in [3.63, 3.8) is 0 Å². The highest BCUT2D eigenvalue weighted by Crippen LogP contribution is 2.33. The van der Waals surface area contributed by atoms with Crippen molar-refractivity contribution < 1.29 is 89.4 Å². The van der Waals surface area contributed by atoms with Gasteiger partial charge in [-0.05, 0) is 83.5 Å². The van der Waals surface area contributed by atoms with E-state index in [0.29, 0.717) is 19.3 Å². The minimum atomic E-state index is -1.99. The van der Waals surface area contributed by atoms with Crippen molar-refractivity contribution in [2.75, 3.05) is 26.4 Å². The first kappa shape index (κ1) is 84.9. The van der Waals surface area contributed by atoms with Gasteiger partial charge in [0.2, 0.25) is 5.91 Å². The van der Waals surface area contributed by atoms with Gasteiger partial charge in [0.15, 0.2) is 18.9 Å². The van der Waals surface area contributed by atoms with E-state index in [1.807, 2.05) is 18.2 Å². The Morgan fingerprint density at radius 3 is 1.19 bits per heavy atom. The van der Waals surface area contributed by atoms with Crippen molar-refractivity contribution in [1.29, 1.82) is 0 Å². The SMILES string of the molecule is CC/C=C\C/C=C\C/C=C\C/C=C\C/C=C\CCCC(=O)NC(COC1OC(CO)C(OC2OC(CO)C(OC3OC(CO)C(O)C(O)C3O)C(O)C2O)C(O)C1O)C(O)/C=C/CC/C=C/CC/C=C/CCCCCCCCCCCCCCCCCCCCCCCC. The number of carbonyl (C=O) groups is 1. The molecule has 19 heteroatoms. The van der Waals surface area contributed by atoms with E-state index in [-0.39, 0.29) is 12.3 Å². The van der Waals surface area contributed by atoms with Gasteiger partial charge in [0.25, 0.3) is 0 Å². The Kier molecular flexibility index (Phi) is 50.2. The molecular formula is C75H129NO18. The predicted molar refractivity (Wildman–Crippen MR) is 369 cm³/mol. The molecule has 3 fully saturated rings. The molecule has 3 aliphatic rings. The summed E-state index contributed by atoms with van der Waals surface area (Å²) in [6.45, 7) is 1.55. The van der Waals surface area contributed by atoms with E-state index in [1.54, 1.807) is 6.08 Å². The molecule has 19 nitrogen and oxygen atoms in total. The van der Waals surface area contributed by atoms with Crippen molar-refractivity contribution >= 4 is 5.91 Å². The molecule has 17 atom stereocenters. The largest absolute Gasteiger partial charge is 0.394 e. The second-order valence-electron chi connectivity index (χ2n) is 25.6. The lowest BCUT2D eigenvalue weighted by atomic mass is 9.96. The van der Waals surface area contributed by atoms with E-state index < -0.39 is 131 Å². The molecular weight excluding hydrogens is 1200 g/mol. The van der Waals surface area contributed by atoms with Gasteiger partial charge in [0.1, 0.15) is 73.2 Å². The van der Waals surface area contributed by atoms with Gasteiger partial charge in [0, 0.05) is 6.42 Å². The van der Waals surface area contributed by atoms with E-state index in [0.717, 1.165) is 57.8 Å². The fourth-order valence-electron chi connectivity index (χ4n) is 11.7. The number of rotatable bonds is 55. The third-order valence-corrected chi connectivity index (χ3v) is 17.6. The fraction of sp³-hybridized carbons (Fsp3) is 0.773. The molecule has 3 saturated heterocycles. The molecule has 12 N–H and O–H groups in total. The first-order chi connectivity index (χ1) is 45.8. The molecule has 3 heterocycles. The summed E-state index contributed by atoms with van der Waals surface area (Å²) < 4.78 is 34.3. The Hall–Kier alpha value is -3.29. The number of nitrogens with one attached hydrogen (secondary N) is 1. The van der Waals surface area contributed by atoms with Gasteiger partial charge in [-0.3, -0.25) is 4.79 Å². The van der Waals surface area contributed by atoms with E-state index >= 15 is 0 Å². The van der Waals surface area contributed by atoms with Crippen LogP contribution in [0.25, 0.3) is 0 Å². The molecule has 0 saturated carbocycles. The van der Waals surface area contributed by atoms with Crippen LogP contribution in [0, 0.1) is 0 Å². The average molecular weight is 1330 g/mol. The van der Waals surface area contributed by atoms with Gasteiger partial charge in [-0.25, -0.2) is 0 Å². The van der Waals surface area contributed by atoms with Crippen molar-refractivity contribution in [3.8, 4) is 0 Å². The Labute approximate surface area is 564 Å². The van der Waals surface area contributed by atoms with Crippen LogP contribution in [-0.4, -0.2) is 193 Å². The summed E-state index contributed by atoms with van der Waals surface area (Å²) in [7, 11) is 0. The Bertz CT molecular complexity index is 2080. The maximum atomic E-state index is 13.4. The van der Waals surface area contributed by atoms with Crippen LogP contribution in [0.4, 0.5) is 0 Å². The van der Waals surface area contributed by atoms with E-state index in [2.05, 4.69) is 92.1 Å². The molecule has 0 aromatic rings. The first-order valence-corrected chi connectivity index (χ1v) is 36.5. The Morgan fingerprint density at radius 1 is 0.394 bits per heavy atom. The number of hydrogen-bond acceptors (Lipinski definition) is 18. The monoisotopic (exact) mass is 1330 g/mol. The normalized spacial score (nSPS) is 27.9. The first-order valence-electron chi connectivity index (χ1n) is 36.5. The van der Waals surface area contributed by atoms with Crippen LogP contribution in [0.3, 0.4) is 0 Å². The number of carbonyl (C=O) groups excluding carboxylic acids is 1. The third-order valence-electron chi connectivity index (χ3n) is 17.6. The molecule has 3 aliphatic heterocycles. The summed E-state index contributed by atoms with van der Waals surface area (Å²) in [4.78, 5) is 13.4. The zero-order valence-corrected chi connectivity index (χ0v) is 57.4. The average Bonchev–Trinajstić information content (AvgIpc) is 0.787. The van der Waals surface area contributed by atoms with Gasteiger partial charge >= 0.3 is 0 Å². The summed E-state index contributed by atoms with van der Waals surface area (Å²) in [6, 6.07) is -1.03. The minimum Gasteiger partial charge on any atom is -0.394 e. The van der Waals surface area contributed by atoms with Crippen molar-refractivity contribution in [2.24, 2.45) is 0 Å². The lowest BCUT2D eigenvalue weighted by molar-refractivity contribution is -0.379. The van der Waals surface area contributed by atoms with Crippen LogP contribution < -0.4 is 5.32 Å². The summed E-state index contributed by atoms with van der Waals surface area (Å²) in [5, 5.41) is 120. The second kappa shape index (κ2) is 55.6. The number of ether oxygens (including phenoxy) is 6. The molecule has 1 amide bonds. The molecule has 542 valence electrons. The van der Waals surface area contributed by atoms with E-state index in [1.165, 1.54) is 141 Å². The number of allylic oxidation sites excluding steroid dienone is 15. The molecule has 0 radical (unpaired) electrons. The number of hydrogen-bond donors (Lipinski definition) is 12. The van der Waals surface area contributed by atoms with Crippen LogP contribution in [0.1, 0.15) is 239 Å². The van der Waals surface area contributed by atoms with Gasteiger partial charge < -0.3 is 89.9 Å². The maximum Gasteiger partial charge on any atom is 0.220 e. The van der Waals surface area contributed by atoms with Crippen LogP contribution in [0.5, 0.6) is 0 Å². The molecule has 0 aromatic heterocycles. The van der Waals surface area contributed by atoms with E-state index in [4.69, 9.17) is 28.4 Å². The lowest BCUT2D eigenvalue weighted by Gasteiger charge is -2.48. The van der Waals surface area contributed by atoms with Crippen LogP contribution >= 0.6 is 0 Å². The Balaban J connectivity index is 1.42. The van der Waals surface area contributed by atoms with Gasteiger partial charge in [0.05, 0.1) is 38.6 Å². The highest BCUT2D eigenvalue weighted by Gasteiger charge is 2.53. The highest BCUT2D eigenvalue weighted by atomic mass is 16.8. The predicted octanol–water partition coefficient (Wildman–Crippen LogP) is 10.4. The van der Waals surface area contributed by atoms with Gasteiger partial charge in [-0.15, -0.1) is 0 Å². The summed E-state index contributed by atoms with van der Waals surface area (Å²) in [6.07, 6.45) is 47.1. The number of aliphatic hydroxyl groups excluding tert-OH is 11. The molecule has 94 heavy (non-hydrogen) atoms. The maximum absolute atomic E-state index is 13.4. The van der Waals surface area contributed by atoms with Crippen molar-refractivity contribution in [2.45, 2.75) is 343 Å². The number of unbranched alkanes of at least 4 members (excludes halogenated alkanes) is 25. The molecule has 17 unspecified atom stereocenters. The molecule has 0 aromatic carbocycles. The molecule has 0 spiro atoms. The van der Waals surface area contributed by atoms with Crippen molar-refractivity contribution in [1.82, 2.24) is 5.32 Å². The van der Waals surface area contributed by atoms with Crippen molar-refractivity contribution in [3.05, 3.63) is 97.2 Å². The minimum absolute atomic E-state index is 0.148. The van der Waals surface area contributed by atoms with E-state index in [9.17, 15) is 61.0 Å². The van der Waals surface area contributed by atoms with Gasteiger partial charge in [-0.2, -0.15) is 0 Å². The summed E-state index contributed by atoms with van der Waals surface area (Å²) in [5.41, 5.74) is 0. The summed E-state index contributed by atoms with van der Waals surface area (Å²) in [5.74, 6) is -0.349. The number of amides is 1. The lowest BCUT2D eigenvalue weighted by Crippen LogP contribution is -2.66. The van der Waals surface area contributed by atoms with Crippen LogP contribution in [-0.2, 0) is 33.2 Å². The zero-order chi connectivity index (χ0) is 68.2.